The Labute approximate surface area is 163 Å². The van der Waals surface area contributed by atoms with E-state index < -0.39 is 9.84 Å². The molecule has 2 aromatic rings. The van der Waals surface area contributed by atoms with Gasteiger partial charge in [-0.05, 0) is 56.7 Å². The van der Waals surface area contributed by atoms with E-state index in [0.717, 1.165) is 19.4 Å². The van der Waals surface area contributed by atoms with Gasteiger partial charge < -0.3 is 9.15 Å². The normalized spacial score (nSPS) is 18.7. The molecule has 1 aliphatic rings. The minimum atomic E-state index is -3.32. The van der Waals surface area contributed by atoms with Gasteiger partial charge in [0.15, 0.2) is 15.4 Å². The Morgan fingerprint density at radius 2 is 2.15 bits per heavy atom. The molecule has 0 aliphatic carbocycles. The number of nitrogens with zero attached hydrogens (tertiary/aromatic N) is 2. The number of carbonyl (C=O) groups is 1. The monoisotopic (exact) mass is 412 g/mol. The quantitative estimate of drug-likeness (QED) is 0.533. The van der Waals surface area contributed by atoms with Crippen LogP contribution in [0.25, 0.3) is 11.1 Å². The molecule has 0 N–H and O–H groups in total. The third-order valence-corrected chi connectivity index (χ3v) is 6.88. The molecule has 0 radical (unpaired) electrons. The zero-order valence-electron chi connectivity index (χ0n) is 15.5. The first-order chi connectivity index (χ1) is 12.9. The fourth-order valence-electron chi connectivity index (χ4n) is 3.37. The molecule has 9 heteroatoms. The number of likely N-dealkylation sites (tertiary alicyclic amines) is 1. The van der Waals surface area contributed by atoms with E-state index in [4.69, 9.17) is 21.4 Å². The molecule has 0 bridgehead atoms. The number of aromatic nitrogens is 1. The van der Waals surface area contributed by atoms with Gasteiger partial charge in [0.25, 0.3) is 4.84 Å². The lowest BCUT2D eigenvalue weighted by molar-refractivity contribution is -0.150. The van der Waals surface area contributed by atoms with Gasteiger partial charge in [-0.1, -0.05) is 6.92 Å². The molecule has 27 heavy (non-hydrogen) atoms. The average Bonchev–Trinajstić information content (AvgIpc) is 2.97. The molecule has 0 saturated carbocycles. The maximum Gasteiger partial charge on any atom is 0.310 e. The van der Waals surface area contributed by atoms with Crippen molar-refractivity contribution in [3.8, 4) is 0 Å². The van der Waals surface area contributed by atoms with Crippen molar-refractivity contribution in [2.75, 3.05) is 25.4 Å². The van der Waals surface area contributed by atoms with Crippen molar-refractivity contribution in [1.29, 1.82) is 0 Å². The fourth-order valence-corrected chi connectivity index (χ4v) is 4.52. The Morgan fingerprint density at radius 1 is 1.37 bits per heavy atom. The van der Waals surface area contributed by atoms with Crippen LogP contribution in [-0.2, 0) is 26.0 Å². The number of hydrogen-bond acceptors (Lipinski definition) is 7. The smallest absolute Gasteiger partial charge is 0.310 e. The number of benzene rings is 1. The Bertz CT molecular complexity index is 993. The summed E-state index contributed by atoms with van der Waals surface area (Å²) >= 11 is 5.34. The molecular weight excluding hydrogens is 388 g/mol. The van der Waals surface area contributed by atoms with Crippen LogP contribution in [0.5, 0.6) is 0 Å². The van der Waals surface area contributed by atoms with Crippen molar-refractivity contribution in [3.05, 3.63) is 23.0 Å². The number of esters is 1. The largest absolute Gasteiger partial charge is 0.466 e. The first kappa shape index (κ1) is 20.0. The highest BCUT2D eigenvalue weighted by atomic mass is 32.2. The van der Waals surface area contributed by atoms with Gasteiger partial charge in [0.05, 0.1) is 35.4 Å². The predicted octanol–water partition coefficient (Wildman–Crippen LogP) is 2.99. The minimum Gasteiger partial charge on any atom is -0.466 e. The van der Waals surface area contributed by atoms with Gasteiger partial charge in [-0.15, -0.1) is 0 Å². The van der Waals surface area contributed by atoms with Crippen molar-refractivity contribution >= 4 is 39.1 Å². The van der Waals surface area contributed by atoms with Crippen molar-refractivity contribution < 1.29 is 22.4 Å². The van der Waals surface area contributed by atoms with E-state index in [9.17, 15) is 13.2 Å². The molecule has 0 unspecified atom stereocenters. The van der Waals surface area contributed by atoms with Crippen LogP contribution in [0.3, 0.4) is 0 Å². The number of ether oxygens (including phenoxy) is 1. The van der Waals surface area contributed by atoms with Crippen molar-refractivity contribution in [1.82, 2.24) is 9.47 Å². The third kappa shape index (κ3) is 4.25. The maximum absolute atomic E-state index is 12.2. The Morgan fingerprint density at radius 3 is 2.85 bits per heavy atom. The van der Waals surface area contributed by atoms with Crippen LogP contribution >= 0.6 is 12.2 Å². The summed E-state index contributed by atoms with van der Waals surface area (Å²) in [6, 6.07) is 4.80. The van der Waals surface area contributed by atoms with Gasteiger partial charge in [-0.2, -0.15) is 0 Å². The number of fused-ring (bicyclic) bond motifs is 1. The van der Waals surface area contributed by atoms with Gasteiger partial charge in [0.1, 0.15) is 0 Å². The predicted molar refractivity (Wildman–Crippen MR) is 104 cm³/mol. The lowest BCUT2D eigenvalue weighted by Gasteiger charge is -2.31. The summed E-state index contributed by atoms with van der Waals surface area (Å²) in [5.41, 5.74) is 1.20. The maximum atomic E-state index is 12.2. The second kappa shape index (κ2) is 8.12. The van der Waals surface area contributed by atoms with Crippen LogP contribution in [0.1, 0.15) is 26.7 Å². The lowest BCUT2D eigenvalue weighted by Crippen LogP contribution is -2.40. The zero-order valence-corrected chi connectivity index (χ0v) is 17.1. The zero-order chi connectivity index (χ0) is 19.6. The Hall–Kier alpha value is -1.71. The molecule has 3 rings (SSSR count). The van der Waals surface area contributed by atoms with E-state index in [1.165, 1.54) is 0 Å². The van der Waals surface area contributed by atoms with Gasteiger partial charge in [0.2, 0.25) is 0 Å². The molecule has 1 aliphatic heterocycles. The van der Waals surface area contributed by atoms with E-state index in [2.05, 4.69) is 4.90 Å². The van der Waals surface area contributed by atoms with Crippen LogP contribution in [0.15, 0.2) is 27.5 Å². The number of rotatable bonds is 6. The summed E-state index contributed by atoms with van der Waals surface area (Å²) in [7, 11) is -3.32. The number of oxazole rings is 1. The molecular formula is C18H24N2O5S2. The summed E-state index contributed by atoms with van der Waals surface area (Å²) in [4.78, 5) is 14.7. The third-order valence-electron chi connectivity index (χ3n) is 4.84. The van der Waals surface area contributed by atoms with Gasteiger partial charge in [0, 0.05) is 6.54 Å². The lowest BCUT2D eigenvalue weighted by atomic mass is 9.98. The van der Waals surface area contributed by atoms with E-state index in [-0.39, 0.29) is 27.4 Å². The molecule has 1 aromatic carbocycles. The summed E-state index contributed by atoms with van der Waals surface area (Å²) in [5.74, 6) is -0.286. The van der Waals surface area contributed by atoms with E-state index in [0.29, 0.717) is 30.9 Å². The summed E-state index contributed by atoms with van der Waals surface area (Å²) in [6.07, 6.45) is 1.70. The van der Waals surface area contributed by atoms with Gasteiger partial charge in [-0.3, -0.25) is 14.3 Å². The molecule has 7 nitrogen and oxygen atoms in total. The molecule has 0 spiro atoms. The van der Waals surface area contributed by atoms with Crippen LogP contribution in [0.2, 0.25) is 0 Å². The topological polar surface area (TPSA) is 81.8 Å². The number of carbonyl (C=O) groups excluding carboxylic acids is 1. The highest BCUT2D eigenvalue weighted by molar-refractivity contribution is 7.91. The average molecular weight is 413 g/mol. The van der Waals surface area contributed by atoms with Crippen LogP contribution in [-0.4, -0.2) is 49.3 Å². The highest BCUT2D eigenvalue weighted by Crippen LogP contribution is 2.24. The molecule has 1 atom stereocenters. The molecule has 0 amide bonds. The highest BCUT2D eigenvalue weighted by Gasteiger charge is 2.27. The van der Waals surface area contributed by atoms with Crippen LogP contribution < -0.4 is 0 Å². The van der Waals surface area contributed by atoms with Gasteiger partial charge in [-0.25, -0.2) is 8.42 Å². The van der Waals surface area contributed by atoms with Crippen LogP contribution in [0, 0.1) is 10.8 Å². The molecule has 148 valence electrons. The van der Waals surface area contributed by atoms with E-state index in [1.807, 2.05) is 0 Å². The van der Waals surface area contributed by atoms with Crippen LogP contribution in [0.4, 0.5) is 0 Å². The number of piperidine rings is 1. The van der Waals surface area contributed by atoms with Crippen molar-refractivity contribution in [2.45, 2.75) is 38.3 Å². The SMILES string of the molecule is CCOC(=O)[C@H]1CCCN(Cn2c(=S)oc3ccc(S(=O)(=O)CC)cc32)C1. The molecule has 1 fully saturated rings. The fraction of sp³-hybridized carbons (Fsp3) is 0.556. The summed E-state index contributed by atoms with van der Waals surface area (Å²) in [5, 5.41) is 0. The van der Waals surface area contributed by atoms with E-state index in [1.54, 1.807) is 36.6 Å². The van der Waals surface area contributed by atoms with Gasteiger partial charge >= 0.3 is 5.97 Å². The first-order valence-electron chi connectivity index (χ1n) is 9.10. The second-order valence-electron chi connectivity index (χ2n) is 6.64. The minimum absolute atomic E-state index is 0.0322. The molecule has 1 saturated heterocycles. The standard InChI is InChI=1S/C18H24N2O5S2/c1-3-24-17(21)13-6-5-9-19(11-13)12-20-15-10-14(27(22,23)4-2)7-8-16(15)25-18(20)26/h7-8,10,13H,3-6,9,11-12H2,1-2H3/t13-/m0/s1. The summed E-state index contributed by atoms with van der Waals surface area (Å²) < 4.78 is 37.0. The second-order valence-corrected chi connectivity index (χ2v) is 9.27. The Kier molecular flexibility index (Phi) is 6.02. The van der Waals surface area contributed by atoms with Crippen molar-refractivity contribution in [3.63, 3.8) is 0 Å². The van der Waals surface area contributed by atoms with E-state index >= 15 is 0 Å². The Balaban J connectivity index is 1.88. The number of sulfone groups is 1. The molecule has 2 heterocycles. The first-order valence-corrected chi connectivity index (χ1v) is 11.2. The van der Waals surface area contributed by atoms with Crippen molar-refractivity contribution in [2.24, 2.45) is 5.92 Å². The molecule has 1 aromatic heterocycles. The summed E-state index contributed by atoms with van der Waals surface area (Å²) in [6.45, 7) is 5.65. The number of hydrogen-bond donors (Lipinski definition) is 0.